The van der Waals surface area contributed by atoms with Crippen LogP contribution in [0.1, 0.15) is 31.0 Å². The summed E-state index contributed by atoms with van der Waals surface area (Å²) in [6, 6.07) is 17.0. The van der Waals surface area contributed by atoms with Crippen LogP contribution >= 0.6 is 11.6 Å². The van der Waals surface area contributed by atoms with Crippen LogP contribution in [0.2, 0.25) is 5.02 Å². The fourth-order valence-electron chi connectivity index (χ4n) is 3.95. The lowest BCUT2D eigenvalue weighted by Gasteiger charge is -2.23. The largest absolute Gasteiger partial charge is 0.381 e. The molecular weight excluding hydrogens is 394 g/mol. The molecule has 156 valence electrons. The van der Waals surface area contributed by atoms with E-state index in [4.69, 9.17) is 16.3 Å². The number of halogens is 1. The number of hydrogen-bond acceptors (Lipinski definition) is 3. The molecular formula is C25H28ClN3O. The lowest BCUT2D eigenvalue weighted by atomic mass is 10.1. The van der Waals surface area contributed by atoms with Gasteiger partial charge in [-0.2, -0.15) is 0 Å². The second-order valence-corrected chi connectivity index (χ2v) is 7.99. The van der Waals surface area contributed by atoms with Gasteiger partial charge in [0.1, 0.15) is 0 Å². The normalized spacial score (nSPS) is 14.5. The lowest BCUT2D eigenvalue weighted by Crippen LogP contribution is -2.34. The number of ether oxygens (including phenoxy) is 1. The molecule has 2 aromatic carbocycles. The topological polar surface area (TPSA) is 38.2 Å². The molecule has 1 fully saturated rings. The second-order valence-electron chi connectivity index (χ2n) is 7.55. The molecule has 1 aliphatic heterocycles. The minimum atomic E-state index is 0.542. The van der Waals surface area contributed by atoms with Gasteiger partial charge < -0.3 is 19.9 Å². The van der Waals surface area contributed by atoms with E-state index in [9.17, 15) is 0 Å². The first-order chi connectivity index (χ1) is 14.7. The Balaban J connectivity index is 1.48. The standard InChI is InChI=1S/C25H28ClN3O/c1-2-29-23(6-4-14-27-21-10-8-20(26)9-11-21)17-24-19(5-3-7-25(24)29)18-28-22-12-15-30-16-13-22/h3,5,7-11,17,22,27-28H,2,12-16,18H2,1H3. The quantitative estimate of drug-likeness (QED) is 0.547. The summed E-state index contributed by atoms with van der Waals surface area (Å²) in [6.45, 7) is 6.25. The second kappa shape index (κ2) is 10.0. The molecule has 3 aromatic rings. The molecule has 5 heteroatoms. The van der Waals surface area contributed by atoms with E-state index in [2.05, 4.69) is 58.2 Å². The molecule has 0 bridgehead atoms. The maximum absolute atomic E-state index is 5.94. The number of aromatic nitrogens is 1. The third kappa shape index (κ3) is 4.99. The Hall–Kier alpha value is -2.45. The van der Waals surface area contributed by atoms with Crippen LogP contribution < -0.4 is 10.6 Å². The highest BCUT2D eigenvalue weighted by atomic mass is 35.5. The summed E-state index contributed by atoms with van der Waals surface area (Å²) in [4.78, 5) is 0. The summed E-state index contributed by atoms with van der Waals surface area (Å²) in [6.07, 6.45) is 2.17. The molecule has 30 heavy (non-hydrogen) atoms. The SMILES string of the molecule is CCn1c(C#CCNc2ccc(Cl)cc2)cc2c(CNC3CCOCC3)cccc21. The fourth-order valence-corrected chi connectivity index (χ4v) is 4.08. The number of fused-ring (bicyclic) bond motifs is 1. The number of benzene rings is 2. The molecule has 4 nitrogen and oxygen atoms in total. The van der Waals surface area contributed by atoms with Gasteiger partial charge in [0, 0.05) is 54.0 Å². The molecule has 2 heterocycles. The molecule has 0 unspecified atom stereocenters. The van der Waals surface area contributed by atoms with Crippen LogP contribution in [0.25, 0.3) is 10.9 Å². The average molecular weight is 422 g/mol. The van der Waals surface area contributed by atoms with E-state index in [1.54, 1.807) is 0 Å². The Morgan fingerprint density at radius 3 is 2.70 bits per heavy atom. The van der Waals surface area contributed by atoms with Crippen LogP contribution in [0.15, 0.2) is 48.5 Å². The summed E-state index contributed by atoms with van der Waals surface area (Å²) in [5.41, 5.74) is 4.66. The van der Waals surface area contributed by atoms with Crippen LogP contribution in [-0.2, 0) is 17.8 Å². The Bertz CT molecular complexity index is 1040. The van der Waals surface area contributed by atoms with E-state index >= 15 is 0 Å². The Morgan fingerprint density at radius 2 is 1.93 bits per heavy atom. The van der Waals surface area contributed by atoms with Crippen LogP contribution in [0, 0.1) is 11.8 Å². The van der Waals surface area contributed by atoms with E-state index < -0.39 is 0 Å². The number of anilines is 1. The van der Waals surface area contributed by atoms with Crippen molar-refractivity contribution in [3.8, 4) is 11.8 Å². The predicted octanol–water partition coefficient (Wildman–Crippen LogP) is 5.05. The monoisotopic (exact) mass is 421 g/mol. The molecule has 0 amide bonds. The van der Waals surface area contributed by atoms with Gasteiger partial charge in [0.15, 0.2) is 0 Å². The zero-order chi connectivity index (χ0) is 20.8. The Kier molecular flexibility index (Phi) is 6.96. The summed E-state index contributed by atoms with van der Waals surface area (Å²) < 4.78 is 7.76. The smallest absolute Gasteiger partial charge is 0.0931 e. The first-order valence-electron chi connectivity index (χ1n) is 10.6. The predicted molar refractivity (Wildman–Crippen MR) is 125 cm³/mol. The summed E-state index contributed by atoms with van der Waals surface area (Å²) in [5, 5.41) is 9.05. The fraction of sp³-hybridized carbons (Fsp3) is 0.360. The molecule has 1 saturated heterocycles. The highest BCUT2D eigenvalue weighted by molar-refractivity contribution is 6.30. The van der Waals surface area contributed by atoms with Crippen LogP contribution in [-0.4, -0.2) is 30.4 Å². The maximum atomic E-state index is 5.94. The minimum Gasteiger partial charge on any atom is -0.381 e. The van der Waals surface area contributed by atoms with Crippen molar-refractivity contribution >= 4 is 28.2 Å². The third-order valence-corrected chi connectivity index (χ3v) is 5.85. The first kappa shape index (κ1) is 20.8. The number of aryl methyl sites for hydroxylation is 1. The van der Waals surface area contributed by atoms with Crippen molar-refractivity contribution in [2.24, 2.45) is 0 Å². The van der Waals surface area contributed by atoms with Crippen molar-refractivity contribution in [2.75, 3.05) is 25.1 Å². The Morgan fingerprint density at radius 1 is 1.13 bits per heavy atom. The van der Waals surface area contributed by atoms with Gasteiger partial charge in [-0.1, -0.05) is 29.7 Å². The van der Waals surface area contributed by atoms with Gasteiger partial charge in [-0.25, -0.2) is 0 Å². The lowest BCUT2D eigenvalue weighted by molar-refractivity contribution is 0.0776. The van der Waals surface area contributed by atoms with E-state index in [0.717, 1.165) is 55.5 Å². The number of hydrogen-bond donors (Lipinski definition) is 2. The average Bonchev–Trinajstić information content (AvgIpc) is 3.15. The molecule has 1 aliphatic rings. The summed E-state index contributed by atoms with van der Waals surface area (Å²) in [5.74, 6) is 6.61. The zero-order valence-electron chi connectivity index (χ0n) is 17.4. The van der Waals surface area contributed by atoms with Crippen LogP contribution in [0.4, 0.5) is 5.69 Å². The Labute approximate surface area is 183 Å². The van der Waals surface area contributed by atoms with E-state index in [0.29, 0.717) is 12.6 Å². The molecule has 2 N–H and O–H groups in total. The molecule has 0 spiro atoms. The van der Waals surface area contributed by atoms with Crippen molar-refractivity contribution in [1.82, 2.24) is 9.88 Å². The highest BCUT2D eigenvalue weighted by Crippen LogP contribution is 2.24. The van der Waals surface area contributed by atoms with E-state index in [-0.39, 0.29) is 0 Å². The van der Waals surface area contributed by atoms with Gasteiger partial charge in [-0.05, 0) is 67.6 Å². The molecule has 0 radical (unpaired) electrons. The van der Waals surface area contributed by atoms with E-state index in [1.807, 2.05) is 24.3 Å². The number of nitrogens with zero attached hydrogens (tertiary/aromatic N) is 1. The van der Waals surface area contributed by atoms with Gasteiger partial charge in [0.2, 0.25) is 0 Å². The molecule has 0 saturated carbocycles. The highest BCUT2D eigenvalue weighted by Gasteiger charge is 2.14. The van der Waals surface area contributed by atoms with Gasteiger partial charge in [-0.15, -0.1) is 0 Å². The van der Waals surface area contributed by atoms with E-state index in [1.165, 1.54) is 16.5 Å². The molecule has 0 atom stereocenters. The van der Waals surface area contributed by atoms with Gasteiger partial charge in [-0.3, -0.25) is 0 Å². The van der Waals surface area contributed by atoms with Crippen molar-refractivity contribution in [2.45, 2.75) is 38.9 Å². The van der Waals surface area contributed by atoms with Crippen LogP contribution in [0.5, 0.6) is 0 Å². The molecule has 4 rings (SSSR count). The van der Waals surface area contributed by atoms with Gasteiger partial charge >= 0.3 is 0 Å². The maximum Gasteiger partial charge on any atom is 0.0931 e. The summed E-state index contributed by atoms with van der Waals surface area (Å²) in [7, 11) is 0. The van der Waals surface area contributed by atoms with Gasteiger partial charge in [0.25, 0.3) is 0 Å². The van der Waals surface area contributed by atoms with Crippen molar-refractivity contribution in [1.29, 1.82) is 0 Å². The van der Waals surface area contributed by atoms with Crippen LogP contribution in [0.3, 0.4) is 0 Å². The number of nitrogens with one attached hydrogen (secondary N) is 2. The number of rotatable bonds is 6. The minimum absolute atomic E-state index is 0.542. The van der Waals surface area contributed by atoms with Crippen molar-refractivity contribution in [3.63, 3.8) is 0 Å². The first-order valence-corrected chi connectivity index (χ1v) is 11.0. The summed E-state index contributed by atoms with van der Waals surface area (Å²) >= 11 is 5.94. The van der Waals surface area contributed by atoms with Gasteiger partial charge in [0.05, 0.1) is 12.2 Å². The third-order valence-electron chi connectivity index (χ3n) is 5.60. The van der Waals surface area contributed by atoms with Crippen molar-refractivity contribution < 1.29 is 4.74 Å². The zero-order valence-corrected chi connectivity index (χ0v) is 18.1. The molecule has 0 aliphatic carbocycles. The molecule has 1 aromatic heterocycles. The van der Waals surface area contributed by atoms with Crippen molar-refractivity contribution in [3.05, 3.63) is 64.8 Å².